The van der Waals surface area contributed by atoms with Crippen molar-refractivity contribution in [3.8, 4) is 11.1 Å². The third-order valence-electron chi connectivity index (χ3n) is 4.89. The third-order valence-corrected chi connectivity index (χ3v) is 4.89. The van der Waals surface area contributed by atoms with Gasteiger partial charge in [-0.05, 0) is 73.3 Å². The first-order chi connectivity index (χ1) is 11.6. The molecule has 1 atom stereocenters. The van der Waals surface area contributed by atoms with Gasteiger partial charge < -0.3 is 10.2 Å². The SMILES string of the molecule is C[C@@H](c1cccc(-c2ccc(C(=O)O)cc2CO)c1)N1CCCC1. The highest BCUT2D eigenvalue weighted by atomic mass is 16.4. The summed E-state index contributed by atoms with van der Waals surface area (Å²) in [7, 11) is 0. The van der Waals surface area contributed by atoms with E-state index >= 15 is 0 Å². The number of aliphatic hydroxyl groups excluding tert-OH is 1. The Morgan fingerprint density at radius 2 is 1.92 bits per heavy atom. The first-order valence-corrected chi connectivity index (χ1v) is 8.41. The number of rotatable bonds is 5. The van der Waals surface area contributed by atoms with Crippen LogP contribution in [-0.2, 0) is 6.61 Å². The second kappa shape index (κ2) is 7.16. The fourth-order valence-electron chi connectivity index (χ4n) is 3.44. The van der Waals surface area contributed by atoms with Gasteiger partial charge in [-0.1, -0.05) is 24.3 Å². The zero-order valence-corrected chi connectivity index (χ0v) is 13.9. The van der Waals surface area contributed by atoms with Crippen molar-refractivity contribution in [3.05, 3.63) is 59.2 Å². The van der Waals surface area contributed by atoms with E-state index < -0.39 is 5.97 Å². The van der Waals surface area contributed by atoms with E-state index in [2.05, 4.69) is 24.0 Å². The summed E-state index contributed by atoms with van der Waals surface area (Å²) >= 11 is 0. The molecule has 1 fully saturated rings. The monoisotopic (exact) mass is 325 g/mol. The maximum absolute atomic E-state index is 11.1. The molecule has 0 spiro atoms. The molecule has 1 aliphatic heterocycles. The number of carboxylic acid groups (broad SMARTS) is 1. The summed E-state index contributed by atoms with van der Waals surface area (Å²) in [6.45, 7) is 4.33. The Morgan fingerprint density at radius 3 is 2.58 bits per heavy atom. The molecule has 0 aromatic heterocycles. The summed E-state index contributed by atoms with van der Waals surface area (Å²) in [4.78, 5) is 13.6. The number of aliphatic hydroxyl groups is 1. The third kappa shape index (κ3) is 3.35. The summed E-state index contributed by atoms with van der Waals surface area (Å²) in [6.07, 6.45) is 2.52. The smallest absolute Gasteiger partial charge is 0.335 e. The van der Waals surface area contributed by atoms with Gasteiger partial charge in [0.2, 0.25) is 0 Å². The van der Waals surface area contributed by atoms with Crippen LogP contribution in [0.4, 0.5) is 0 Å². The van der Waals surface area contributed by atoms with Crippen LogP contribution in [0.3, 0.4) is 0 Å². The number of benzene rings is 2. The lowest BCUT2D eigenvalue weighted by atomic mass is 9.95. The van der Waals surface area contributed by atoms with E-state index in [1.54, 1.807) is 18.2 Å². The molecular formula is C20H23NO3. The molecule has 126 valence electrons. The van der Waals surface area contributed by atoms with Gasteiger partial charge in [0, 0.05) is 6.04 Å². The molecule has 2 N–H and O–H groups in total. The van der Waals surface area contributed by atoms with Gasteiger partial charge in [0.1, 0.15) is 0 Å². The topological polar surface area (TPSA) is 60.8 Å². The van der Waals surface area contributed by atoms with Crippen LogP contribution in [-0.4, -0.2) is 34.2 Å². The Labute approximate surface area is 142 Å². The van der Waals surface area contributed by atoms with Gasteiger partial charge in [-0.3, -0.25) is 4.90 Å². The molecule has 0 bridgehead atoms. The van der Waals surface area contributed by atoms with Gasteiger partial charge in [0.15, 0.2) is 0 Å². The molecule has 4 heteroatoms. The normalized spacial score (nSPS) is 16.2. The van der Waals surface area contributed by atoms with Crippen LogP contribution in [0.2, 0.25) is 0 Å². The van der Waals surface area contributed by atoms with Gasteiger partial charge >= 0.3 is 5.97 Å². The van der Waals surface area contributed by atoms with Gasteiger partial charge in [-0.2, -0.15) is 0 Å². The number of likely N-dealkylation sites (tertiary alicyclic amines) is 1. The quantitative estimate of drug-likeness (QED) is 0.880. The van der Waals surface area contributed by atoms with Gasteiger partial charge in [-0.25, -0.2) is 4.79 Å². The standard InChI is InChI=1S/C20H23NO3/c1-14(21-9-2-3-10-21)15-5-4-6-16(11-15)19-8-7-17(20(23)24)12-18(19)13-22/h4-8,11-12,14,22H,2-3,9-10,13H2,1H3,(H,23,24)/t14-/m0/s1. The molecular weight excluding hydrogens is 302 g/mol. The van der Waals surface area contributed by atoms with Crippen molar-refractivity contribution < 1.29 is 15.0 Å². The van der Waals surface area contributed by atoms with Crippen molar-refractivity contribution in [3.63, 3.8) is 0 Å². The van der Waals surface area contributed by atoms with Crippen LogP contribution in [0.15, 0.2) is 42.5 Å². The lowest BCUT2D eigenvalue weighted by Crippen LogP contribution is -2.23. The van der Waals surface area contributed by atoms with E-state index in [-0.39, 0.29) is 12.2 Å². The van der Waals surface area contributed by atoms with Crippen LogP contribution in [0.1, 0.15) is 47.3 Å². The maximum atomic E-state index is 11.1. The average Bonchev–Trinajstić information content (AvgIpc) is 3.15. The minimum atomic E-state index is -0.979. The molecule has 0 unspecified atom stereocenters. The van der Waals surface area contributed by atoms with Gasteiger partial charge in [0.05, 0.1) is 12.2 Å². The summed E-state index contributed by atoms with van der Waals surface area (Å²) in [6, 6.07) is 13.6. The van der Waals surface area contributed by atoms with Crippen LogP contribution in [0, 0.1) is 0 Å². The van der Waals surface area contributed by atoms with E-state index in [4.69, 9.17) is 5.11 Å². The van der Waals surface area contributed by atoms with Crippen molar-refractivity contribution in [2.45, 2.75) is 32.4 Å². The van der Waals surface area contributed by atoms with Crippen molar-refractivity contribution in [2.75, 3.05) is 13.1 Å². The minimum Gasteiger partial charge on any atom is -0.478 e. The highest BCUT2D eigenvalue weighted by Gasteiger charge is 2.20. The summed E-state index contributed by atoms with van der Waals surface area (Å²) in [5.74, 6) is -0.979. The van der Waals surface area contributed by atoms with E-state index in [1.807, 2.05) is 12.1 Å². The Hall–Kier alpha value is -2.17. The van der Waals surface area contributed by atoms with E-state index in [1.165, 1.54) is 18.4 Å². The van der Waals surface area contributed by atoms with Crippen molar-refractivity contribution in [2.24, 2.45) is 0 Å². The number of aromatic carboxylic acids is 1. The molecule has 24 heavy (non-hydrogen) atoms. The van der Waals surface area contributed by atoms with Crippen LogP contribution in [0.5, 0.6) is 0 Å². The van der Waals surface area contributed by atoms with Crippen LogP contribution >= 0.6 is 0 Å². The summed E-state index contributed by atoms with van der Waals surface area (Å²) in [5.41, 5.74) is 3.99. The maximum Gasteiger partial charge on any atom is 0.335 e. The number of hydrogen-bond acceptors (Lipinski definition) is 3. The van der Waals surface area contributed by atoms with Gasteiger partial charge in [-0.15, -0.1) is 0 Å². The highest BCUT2D eigenvalue weighted by molar-refractivity contribution is 5.89. The predicted molar refractivity (Wildman–Crippen MR) is 94.0 cm³/mol. The Bertz CT molecular complexity index is 735. The Morgan fingerprint density at radius 1 is 1.17 bits per heavy atom. The minimum absolute atomic E-state index is 0.178. The van der Waals surface area contributed by atoms with E-state index in [9.17, 15) is 9.90 Å². The largest absolute Gasteiger partial charge is 0.478 e. The summed E-state index contributed by atoms with van der Waals surface area (Å²) in [5, 5.41) is 18.8. The lowest BCUT2D eigenvalue weighted by molar-refractivity contribution is 0.0696. The fraction of sp³-hybridized carbons (Fsp3) is 0.350. The zero-order chi connectivity index (χ0) is 17.1. The molecule has 0 amide bonds. The molecule has 0 saturated carbocycles. The number of hydrogen-bond donors (Lipinski definition) is 2. The first-order valence-electron chi connectivity index (χ1n) is 8.41. The van der Waals surface area contributed by atoms with Crippen molar-refractivity contribution in [1.82, 2.24) is 4.90 Å². The molecule has 2 aromatic carbocycles. The van der Waals surface area contributed by atoms with E-state index in [0.29, 0.717) is 11.6 Å². The molecule has 1 heterocycles. The Balaban J connectivity index is 1.95. The number of nitrogens with zero attached hydrogens (tertiary/aromatic N) is 1. The molecule has 3 rings (SSSR count). The summed E-state index contributed by atoms with van der Waals surface area (Å²) < 4.78 is 0. The molecule has 0 aliphatic carbocycles. The van der Waals surface area contributed by atoms with Gasteiger partial charge in [0.25, 0.3) is 0 Å². The predicted octanol–water partition coefficient (Wildman–Crippen LogP) is 3.70. The highest BCUT2D eigenvalue weighted by Crippen LogP contribution is 2.30. The molecule has 0 radical (unpaired) electrons. The average molecular weight is 325 g/mol. The molecule has 1 saturated heterocycles. The molecule has 2 aromatic rings. The molecule has 1 aliphatic rings. The van der Waals surface area contributed by atoms with Crippen LogP contribution < -0.4 is 0 Å². The Kier molecular flexibility index (Phi) is 4.97. The second-order valence-electron chi connectivity index (χ2n) is 6.38. The number of carbonyl (C=O) groups is 1. The zero-order valence-electron chi connectivity index (χ0n) is 13.9. The lowest BCUT2D eigenvalue weighted by Gasteiger charge is -2.24. The van der Waals surface area contributed by atoms with Crippen LogP contribution in [0.25, 0.3) is 11.1 Å². The van der Waals surface area contributed by atoms with E-state index in [0.717, 1.165) is 24.2 Å². The fourth-order valence-corrected chi connectivity index (χ4v) is 3.44. The second-order valence-corrected chi connectivity index (χ2v) is 6.38. The number of carboxylic acids is 1. The first kappa shape index (κ1) is 16.7. The van der Waals surface area contributed by atoms with Crippen molar-refractivity contribution >= 4 is 5.97 Å². The van der Waals surface area contributed by atoms with Crippen molar-refractivity contribution in [1.29, 1.82) is 0 Å². The molecule has 4 nitrogen and oxygen atoms in total.